The molecule has 0 unspecified atom stereocenters. The molecule has 12 rings (SSSR count). The van der Waals surface area contributed by atoms with Crippen molar-refractivity contribution in [2.75, 3.05) is 4.90 Å². The molecule has 0 atom stereocenters. The first kappa shape index (κ1) is 32.5. The summed E-state index contributed by atoms with van der Waals surface area (Å²) >= 11 is 3.76. The zero-order chi connectivity index (χ0) is 37.5. The largest absolute Gasteiger partial charge is 0.310 e. The molecule has 0 aliphatic heterocycles. The minimum Gasteiger partial charge on any atom is -0.310 e. The molecule has 57 heavy (non-hydrogen) atoms. The monoisotopic (exact) mass is 759 g/mol. The zero-order valence-electron chi connectivity index (χ0n) is 30.8. The highest BCUT2D eigenvalue weighted by Crippen LogP contribution is 2.47. The van der Waals surface area contributed by atoms with Gasteiger partial charge in [0, 0.05) is 57.3 Å². The Morgan fingerprint density at radius 2 is 0.895 bits per heavy atom. The van der Waals surface area contributed by atoms with Crippen LogP contribution >= 0.6 is 22.7 Å². The highest BCUT2D eigenvalue weighted by molar-refractivity contribution is 7.26. The Bertz CT molecular complexity index is 3540. The number of fused-ring (bicyclic) bond motifs is 11. The summed E-state index contributed by atoms with van der Waals surface area (Å²) in [5.74, 6) is 0. The van der Waals surface area contributed by atoms with Crippen LogP contribution in [0.25, 0.3) is 94.9 Å². The lowest BCUT2D eigenvalue weighted by atomic mass is 9.96. The molecule has 266 valence electrons. The first-order valence-electron chi connectivity index (χ1n) is 19.4. The van der Waals surface area contributed by atoms with Crippen LogP contribution in [0.15, 0.2) is 200 Å². The molecule has 0 saturated heterocycles. The normalized spacial score (nSPS) is 11.9. The van der Waals surface area contributed by atoms with Crippen LogP contribution < -0.4 is 4.90 Å². The molecule has 0 aliphatic rings. The molecule has 0 aliphatic carbocycles. The van der Waals surface area contributed by atoms with Crippen molar-refractivity contribution in [3.8, 4) is 22.3 Å². The molecule has 10 aromatic carbocycles. The third-order valence-corrected chi connectivity index (χ3v) is 13.9. The summed E-state index contributed by atoms with van der Waals surface area (Å²) in [6.45, 7) is 0. The summed E-state index contributed by atoms with van der Waals surface area (Å²) in [5, 5.41) is 12.8. The number of hydrogen-bond acceptors (Lipinski definition) is 3. The lowest BCUT2D eigenvalue weighted by Crippen LogP contribution is -2.11. The van der Waals surface area contributed by atoms with Crippen molar-refractivity contribution in [2.24, 2.45) is 0 Å². The van der Waals surface area contributed by atoms with Crippen molar-refractivity contribution in [3.63, 3.8) is 0 Å². The van der Waals surface area contributed by atoms with Crippen molar-refractivity contribution in [1.29, 1.82) is 0 Å². The molecule has 1 nitrogen and oxygen atoms in total. The Morgan fingerprint density at radius 3 is 1.79 bits per heavy atom. The third kappa shape index (κ3) is 5.20. The van der Waals surface area contributed by atoms with Crippen LogP contribution in [0.4, 0.5) is 17.1 Å². The van der Waals surface area contributed by atoms with E-state index in [2.05, 4.69) is 205 Å². The molecular formula is C54H33NS2. The standard InChI is InChI=1S/C54H33NS2/c1-2-11-34(12-3-1)41-15-6-8-18-49(41)55(38-25-21-36-23-27-43-40-14-5-4-13-35(40)22-28-44(43)47(36)32-38)39-26-30-51-48(33-39)54-42(17-10-20-52(54)56-51)37-24-29-46-45-16-7-9-19-50(45)57-53(46)31-37/h1-33H. The van der Waals surface area contributed by atoms with Gasteiger partial charge in [-0.1, -0.05) is 146 Å². The van der Waals surface area contributed by atoms with Gasteiger partial charge in [-0.2, -0.15) is 0 Å². The van der Waals surface area contributed by atoms with Crippen molar-refractivity contribution in [2.45, 2.75) is 0 Å². The zero-order valence-corrected chi connectivity index (χ0v) is 32.4. The van der Waals surface area contributed by atoms with Crippen LogP contribution in [-0.4, -0.2) is 0 Å². The van der Waals surface area contributed by atoms with Crippen molar-refractivity contribution in [1.82, 2.24) is 0 Å². The molecule has 0 spiro atoms. The molecule has 2 heterocycles. The van der Waals surface area contributed by atoms with Gasteiger partial charge < -0.3 is 4.90 Å². The summed E-state index contributed by atoms with van der Waals surface area (Å²) in [7, 11) is 0. The van der Waals surface area contributed by atoms with Crippen molar-refractivity contribution in [3.05, 3.63) is 200 Å². The topological polar surface area (TPSA) is 3.24 Å². The predicted octanol–water partition coefficient (Wildman–Crippen LogP) is 16.7. The van der Waals surface area contributed by atoms with Crippen LogP contribution in [0, 0.1) is 0 Å². The Labute approximate surface area is 337 Å². The number of nitrogens with zero attached hydrogens (tertiary/aromatic N) is 1. The van der Waals surface area contributed by atoms with Crippen LogP contribution in [-0.2, 0) is 0 Å². The highest BCUT2D eigenvalue weighted by Gasteiger charge is 2.20. The van der Waals surface area contributed by atoms with Crippen LogP contribution in [0.1, 0.15) is 0 Å². The van der Waals surface area contributed by atoms with Gasteiger partial charge in [-0.05, 0) is 104 Å². The first-order chi connectivity index (χ1) is 28.2. The molecule has 0 fully saturated rings. The van der Waals surface area contributed by atoms with Gasteiger partial charge in [-0.3, -0.25) is 0 Å². The van der Waals surface area contributed by atoms with Gasteiger partial charge in [-0.25, -0.2) is 0 Å². The molecule has 0 saturated carbocycles. The van der Waals surface area contributed by atoms with E-state index in [1.54, 1.807) is 0 Å². The molecule has 3 heteroatoms. The number of thiophene rings is 2. The van der Waals surface area contributed by atoms with Gasteiger partial charge >= 0.3 is 0 Å². The van der Waals surface area contributed by atoms with E-state index in [4.69, 9.17) is 0 Å². The number of anilines is 3. The predicted molar refractivity (Wildman–Crippen MR) is 250 cm³/mol. The second-order valence-corrected chi connectivity index (χ2v) is 17.0. The van der Waals surface area contributed by atoms with E-state index in [0.29, 0.717) is 0 Å². The van der Waals surface area contributed by atoms with E-state index in [-0.39, 0.29) is 0 Å². The second-order valence-electron chi connectivity index (χ2n) is 14.8. The maximum absolute atomic E-state index is 2.47. The summed E-state index contributed by atoms with van der Waals surface area (Å²) in [4.78, 5) is 2.47. The number of hydrogen-bond donors (Lipinski definition) is 0. The van der Waals surface area contributed by atoms with E-state index >= 15 is 0 Å². The maximum atomic E-state index is 2.47. The fourth-order valence-electron chi connectivity index (χ4n) is 8.99. The molecule has 0 radical (unpaired) electrons. The fourth-order valence-corrected chi connectivity index (χ4v) is 11.2. The Kier molecular flexibility index (Phi) is 7.34. The minimum atomic E-state index is 1.13. The van der Waals surface area contributed by atoms with Crippen molar-refractivity contribution < 1.29 is 0 Å². The van der Waals surface area contributed by atoms with Gasteiger partial charge in [0.05, 0.1) is 5.69 Å². The van der Waals surface area contributed by atoms with Gasteiger partial charge in [0.15, 0.2) is 0 Å². The Morgan fingerprint density at radius 1 is 0.298 bits per heavy atom. The molecular weight excluding hydrogens is 727 g/mol. The third-order valence-electron chi connectivity index (χ3n) is 11.6. The van der Waals surface area contributed by atoms with E-state index in [0.717, 1.165) is 17.1 Å². The van der Waals surface area contributed by atoms with Gasteiger partial charge in [0.25, 0.3) is 0 Å². The molecule has 0 bridgehead atoms. The average molecular weight is 760 g/mol. The fraction of sp³-hybridized carbons (Fsp3) is 0. The summed E-state index contributed by atoms with van der Waals surface area (Å²) in [6, 6.07) is 74.1. The van der Waals surface area contributed by atoms with Crippen LogP contribution in [0.5, 0.6) is 0 Å². The number of benzene rings is 10. The molecule has 0 N–H and O–H groups in total. The number of rotatable bonds is 5. The molecule has 2 aromatic heterocycles. The van der Waals surface area contributed by atoms with Crippen LogP contribution in [0.2, 0.25) is 0 Å². The smallest absolute Gasteiger partial charge is 0.0540 e. The lowest BCUT2D eigenvalue weighted by Gasteiger charge is -2.28. The first-order valence-corrected chi connectivity index (χ1v) is 21.0. The van der Waals surface area contributed by atoms with E-state index in [1.165, 1.54) is 94.9 Å². The maximum Gasteiger partial charge on any atom is 0.0540 e. The van der Waals surface area contributed by atoms with Crippen LogP contribution in [0.3, 0.4) is 0 Å². The minimum absolute atomic E-state index is 1.13. The Hall–Kier alpha value is -6.78. The lowest BCUT2D eigenvalue weighted by molar-refractivity contribution is 1.30. The van der Waals surface area contributed by atoms with E-state index in [1.807, 2.05) is 22.7 Å². The van der Waals surface area contributed by atoms with Gasteiger partial charge in [0.1, 0.15) is 0 Å². The van der Waals surface area contributed by atoms with Crippen molar-refractivity contribution >= 4 is 112 Å². The SMILES string of the molecule is c1ccc(-c2ccccc2N(c2ccc3ccc4c5ccccc5ccc4c3c2)c2ccc3sc4cccc(-c5ccc6c(c5)sc5ccccc56)c4c3c2)cc1. The van der Waals surface area contributed by atoms with E-state index < -0.39 is 0 Å². The summed E-state index contributed by atoms with van der Waals surface area (Å²) in [6.07, 6.45) is 0. The average Bonchev–Trinajstić information content (AvgIpc) is 3.84. The number of para-hydroxylation sites is 1. The summed E-state index contributed by atoms with van der Waals surface area (Å²) < 4.78 is 5.25. The Balaban J connectivity index is 1.10. The van der Waals surface area contributed by atoms with Gasteiger partial charge in [0.2, 0.25) is 0 Å². The molecule has 0 amide bonds. The van der Waals surface area contributed by atoms with Gasteiger partial charge in [-0.15, -0.1) is 22.7 Å². The highest BCUT2D eigenvalue weighted by atomic mass is 32.1. The molecule has 12 aromatic rings. The summed E-state index contributed by atoms with van der Waals surface area (Å²) in [5.41, 5.74) is 8.31. The second kappa shape index (κ2) is 12.9. The quantitative estimate of drug-likeness (QED) is 0.158. The van der Waals surface area contributed by atoms with E-state index in [9.17, 15) is 0 Å².